The molecule has 1 aromatic rings. The van der Waals surface area contributed by atoms with Crippen molar-refractivity contribution >= 4 is 21.6 Å². The summed E-state index contributed by atoms with van der Waals surface area (Å²) in [7, 11) is 0. The van der Waals surface area contributed by atoms with Crippen LogP contribution in [-0.2, 0) is 0 Å². The molecular formula is C14H20BrN3. The molecule has 98 valence electrons. The van der Waals surface area contributed by atoms with Crippen molar-refractivity contribution in [3.05, 3.63) is 28.2 Å². The van der Waals surface area contributed by atoms with Crippen molar-refractivity contribution in [2.75, 3.05) is 18.0 Å². The Hall–Kier alpha value is -1.05. The number of halogens is 1. The van der Waals surface area contributed by atoms with E-state index in [1.54, 1.807) is 0 Å². The first-order chi connectivity index (χ1) is 8.49. The second-order valence-corrected chi connectivity index (χ2v) is 5.42. The van der Waals surface area contributed by atoms with E-state index in [9.17, 15) is 0 Å². The minimum atomic E-state index is 0.0153. The molecule has 18 heavy (non-hydrogen) atoms. The Morgan fingerprint density at radius 2 is 2.11 bits per heavy atom. The van der Waals surface area contributed by atoms with Gasteiger partial charge in [-0.05, 0) is 38.5 Å². The lowest BCUT2D eigenvalue weighted by Gasteiger charge is -2.25. The predicted octanol–water partition coefficient (Wildman–Crippen LogP) is 3.45. The first kappa shape index (κ1) is 15.0. The lowest BCUT2D eigenvalue weighted by atomic mass is 10.1. The molecule has 2 N–H and O–H groups in total. The number of rotatable bonds is 5. The average molecular weight is 310 g/mol. The van der Waals surface area contributed by atoms with Crippen LogP contribution in [0.3, 0.4) is 0 Å². The fourth-order valence-corrected chi connectivity index (χ4v) is 2.60. The zero-order valence-electron chi connectivity index (χ0n) is 11.2. The SMILES string of the molecule is CCN(CC(C)C#N)c1ccc([C@H](C)N)c(Br)c1. The van der Waals surface area contributed by atoms with E-state index in [-0.39, 0.29) is 12.0 Å². The second kappa shape index (κ2) is 6.77. The summed E-state index contributed by atoms with van der Waals surface area (Å²) in [5, 5.41) is 8.90. The zero-order chi connectivity index (χ0) is 13.7. The fourth-order valence-electron chi connectivity index (χ4n) is 1.87. The van der Waals surface area contributed by atoms with Crippen LogP contribution in [0.1, 0.15) is 32.4 Å². The van der Waals surface area contributed by atoms with Crippen molar-refractivity contribution in [1.29, 1.82) is 5.26 Å². The molecule has 4 heteroatoms. The Morgan fingerprint density at radius 1 is 1.44 bits per heavy atom. The molecule has 0 aliphatic rings. The molecule has 3 nitrogen and oxygen atoms in total. The van der Waals surface area contributed by atoms with E-state index in [4.69, 9.17) is 11.0 Å². The van der Waals surface area contributed by atoms with E-state index in [1.807, 2.05) is 19.9 Å². The summed E-state index contributed by atoms with van der Waals surface area (Å²) in [5.74, 6) is 0.0248. The van der Waals surface area contributed by atoms with E-state index in [2.05, 4.69) is 46.0 Å². The highest BCUT2D eigenvalue weighted by Crippen LogP contribution is 2.27. The third-order valence-corrected chi connectivity index (χ3v) is 3.62. The molecule has 0 radical (unpaired) electrons. The Balaban J connectivity index is 2.95. The Kier molecular flexibility index (Phi) is 5.64. The van der Waals surface area contributed by atoms with Crippen LogP contribution < -0.4 is 10.6 Å². The number of hydrogen-bond donors (Lipinski definition) is 1. The monoisotopic (exact) mass is 309 g/mol. The molecule has 0 spiro atoms. The summed E-state index contributed by atoms with van der Waals surface area (Å²) < 4.78 is 1.03. The highest BCUT2D eigenvalue weighted by atomic mass is 79.9. The van der Waals surface area contributed by atoms with Crippen molar-refractivity contribution in [2.45, 2.75) is 26.8 Å². The van der Waals surface area contributed by atoms with Crippen LogP contribution >= 0.6 is 15.9 Å². The largest absolute Gasteiger partial charge is 0.370 e. The molecule has 0 saturated carbocycles. The van der Waals surface area contributed by atoms with Gasteiger partial charge in [0.15, 0.2) is 0 Å². The number of hydrogen-bond acceptors (Lipinski definition) is 3. The van der Waals surface area contributed by atoms with Crippen LogP contribution in [-0.4, -0.2) is 13.1 Å². The van der Waals surface area contributed by atoms with Crippen molar-refractivity contribution in [3.63, 3.8) is 0 Å². The minimum Gasteiger partial charge on any atom is -0.370 e. The maximum Gasteiger partial charge on any atom is 0.0671 e. The summed E-state index contributed by atoms with van der Waals surface area (Å²) in [6.45, 7) is 7.63. The molecule has 0 fully saturated rings. The van der Waals surface area contributed by atoms with Gasteiger partial charge in [0.25, 0.3) is 0 Å². The number of nitrogens with zero attached hydrogens (tertiary/aromatic N) is 2. The van der Waals surface area contributed by atoms with Crippen LogP contribution in [0.5, 0.6) is 0 Å². The summed E-state index contributed by atoms with van der Waals surface area (Å²) in [6.07, 6.45) is 0. The molecule has 0 amide bonds. The number of anilines is 1. The standard InChI is InChI=1S/C14H20BrN3/c1-4-18(9-10(2)8-16)12-5-6-13(11(3)17)14(15)7-12/h5-7,10-11H,4,9,17H2,1-3H3/t10?,11-/m0/s1. The highest BCUT2D eigenvalue weighted by Gasteiger charge is 2.11. The molecule has 0 aliphatic carbocycles. The molecule has 0 aliphatic heterocycles. The van der Waals surface area contributed by atoms with Crippen molar-refractivity contribution in [1.82, 2.24) is 0 Å². The van der Waals surface area contributed by atoms with Gasteiger partial charge < -0.3 is 10.6 Å². The third kappa shape index (κ3) is 3.72. The molecule has 0 bridgehead atoms. The Morgan fingerprint density at radius 3 is 2.56 bits per heavy atom. The molecule has 1 aromatic carbocycles. The molecule has 2 atom stereocenters. The fraction of sp³-hybridized carbons (Fsp3) is 0.500. The van der Waals surface area contributed by atoms with Crippen LogP contribution in [0.4, 0.5) is 5.69 Å². The molecule has 1 unspecified atom stereocenters. The van der Waals surface area contributed by atoms with E-state index in [0.717, 1.165) is 28.8 Å². The Bertz CT molecular complexity index is 437. The highest BCUT2D eigenvalue weighted by molar-refractivity contribution is 9.10. The zero-order valence-corrected chi connectivity index (χ0v) is 12.7. The van der Waals surface area contributed by atoms with Gasteiger partial charge in [-0.2, -0.15) is 5.26 Å². The number of nitrogens with two attached hydrogens (primary N) is 1. The van der Waals surface area contributed by atoms with E-state index < -0.39 is 0 Å². The van der Waals surface area contributed by atoms with Crippen LogP contribution in [0.15, 0.2) is 22.7 Å². The van der Waals surface area contributed by atoms with Gasteiger partial charge in [0.2, 0.25) is 0 Å². The summed E-state index contributed by atoms with van der Waals surface area (Å²) >= 11 is 3.56. The van der Waals surface area contributed by atoms with Gasteiger partial charge in [-0.15, -0.1) is 0 Å². The molecular weight excluding hydrogens is 290 g/mol. The van der Waals surface area contributed by atoms with Crippen LogP contribution in [0, 0.1) is 17.2 Å². The second-order valence-electron chi connectivity index (χ2n) is 4.56. The van der Waals surface area contributed by atoms with Gasteiger partial charge in [0.1, 0.15) is 0 Å². The smallest absolute Gasteiger partial charge is 0.0671 e. The maximum atomic E-state index is 8.90. The van der Waals surface area contributed by atoms with Crippen LogP contribution in [0.25, 0.3) is 0 Å². The third-order valence-electron chi connectivity index (χ3n) is 2.94. The first-order valence-electron chi connectivity index (χ1n) is 6.19. The van der Waals surface area contributed by atoms with Crippen molar-refractivity contribution < 1.29 is 0 Å². The topological polar surface area (TPSA) is 53.0 Å². The van der Waals surface area contributed by atoms with E-state index in [1.165, 1.54) is 0 Å². The molecule has 1 rings (SSSR count). The molecule has 0 heterocycles. The van der Waals surface area contributed by atoms with Gasteiger partial charge in [0, 0.05) is 29.3 Å². The normalized spacial score (nSPS) is 13.8. The lowest BCUT2D eigenvalue weighted by molar-refractivity contribution is 0.685. The van der Waals surface area contributed by atoms with Gasteiger partial charge >= 0.3 is 0 Å². The van der Waals surface area contributed by atoms with Crippen molar-refractivity contribution in [2.24, 2.45) is 11.7 Å². The predicted molar refractivity (Wildman–Crippen MR) is 79.4 cm³/mol. The minimum absolute atomic E-state index is 0.0153. The number of benzene rings is 1. The average Bonchev–Trinajstić information content (AvgIpc) is 2.34. The lowest BCUT2D eigenvalue weighted by Crippen LogP contribution is -2.27. The Labute approximate surface area is 118 Å². The summed E-state index contributed by atoms with van der Waals surface area (Å²) in [4.78, 5) is 2.20. The number of nitriles is 1. The van der Waals surface area contributed by atoms with E-state index >= 15 is 0 Å². The summed E-state index contributed by atoms with van der Waals surface area (Å²) in [6, 6.07) is 8.47. The van der Waals surface area contributed by atoms with E-state index in [0.29, 0.717) is 0 Å². The van der Waals surface area contributed by atoms with Gasteiger partial charge in [-0.3, -0.25) is 0 Å². The molecule has 0 saturated heterocycles. The van der Waals surface area contributed by atoms with Gasteiger partial charge in [0.05, 0.1) is 12.0 Å². The van der Waals surface area contributed by atoms with Crippen LogP contribution in [0.2, 0.25) is 0 Å². The van der Waals surface area contributed by atoms with Gasteiger partial charge in [-0.1, -0.05) is 22.0 Å². The van der Waals surface area contributed by atoms with Crippen molar-refractivity contribution in [3.8, 4) is 6.07 Å². The van der Waals surface area contributed by atoms with Gasteiger partial charge in [-0.25, -0.2) is 0 Å². The summed E-state index contributed by atoms with van der Waals surface area (Å²) in [5.41, 5.74) is 8.11. The quantitative estimate of drug-likeness (QED) is 0.906. The first-order valence-corrected chi connectivity index (χ1v) is 6.98. The molecule has 0 aromatic heterocycles. The maximum absolute atomic E-state index is 8.90.